The van der Waals surface area contributed by atoms with Gasteiger partial charge in [0.15, 0.2) is 0 Å². The highest BCUT2D eigenvalue weighted by atomic mass is 19.4. The lowest BCUT2D eigenvalue weighted by Crippen LogP contribution is -2.35. The van der Waals surface area contributed by atoms with Gasteiger partial charge in [-0.25, -0.2) is 0 Å². The van der Waals surface area contributed by atoms with Crippen molar-refractivity contribution in [1.29, 1.82) is 0 Å². The van der Waals surface area contributed by atoms with Gasteiger partial charge in [0.2, 0.25) is 0 Å². The smallest absolute Gasteiger partial charge is 0.494 e. The fourth-order valence-electron chi connectivity index (χ4n) is 1.28. The van der Waals surface area contributed by atoms with E-state index < -0.39 is 37.6 Å². The Labute approximate surface area is 105 Å². The lowest BCUT2D eigenvalue weighted by atomic mass is 9.79. The minimum Gasteiger partial charge on any atom is -0.494 e. The van der Waals surface area contributed by atoms with Crippen LogP contribution in [-0.4, -0.2) is 33.0 Å². The molecule has 108 valence electrons. The molecule has 1 aromatic carbocycles. The van der Waals surface area contributed by atoms with Crippen LogP contribution in [0.3, 0.4) is 0 Å². The molecule has 0 N–H and O–H groups in total. The number of ether oxygens (including phenoxy) is 2. The van der Waals surface area contributed by atoms with Gasteiger partial charge in [-0.2, -0.15) is 13.2 Å². The molecule has 0 heterocycles. The van der Waals surface area contributed by atoms with Gasteiger partial charge in [0.05, 0.1) is 12.4 Å². The number of alkyl halides is 3. The summed E-state index contributed by atoms with van der Waals surface area (Å²) in [6.07, 6.45) is -4.47. The second-order valence-corrected chi connectivity index (χ2v) is 3.63. The normalized spacial score (nSPS) is 12.5. The van der Waals surface area contributed by atoms with Crippen LogP contribution in [-0.2, 0) is 4.74 Å². The molecule has 0 unspecified atom stereocenters. The zero-order valence-electron chi connectivity index (χ0n) is 9.59. The van der Waals surface area contributed by atoms with Crippen LogP contribution in [0.5, 0.6) is 5.75 Å². The van der Waals surface area contributed by atoms with Crippen molar-refractivity contribution in [2.45, 2.75) is 6.18 Å². The van der Waals surface area contributed by atoms with E-state index in [0.717, 1.165) is 12.1 Å². The fourth-order valence-corrected chi connectivity index (χ4v) is 1.28. The Kier molecular flexibility index (Phi) is 5.10. The average molecular weight is 287 g/mol. The van der Waals surface area contributed by atoms with E-state index >= 15 is 0 Å². The number of halogens is 6. The maximum absolute atomic E-state index is 12.6. The van der Waals surface area contributed by atoms with Crippen molar-refractivity contribution >= 4 is 12.4 Å². The minimum atomic E-state index is -5.23. The van der Waals surface area contributed by atoms with Crippen LogP contribution in [0.2, 0.25) is 0 Å². The van der Waals surface area contributed by atoms with Gasteiger partial charge in [-0.15, -0.1) is 0 Å². The van der Waals surface area contributed by atoms with Gasteiger partial charge in [0.25, 0.3) is 0 Å². The summed E-state index contributed by atoms with van der Waals surface area (Å²) in [6, 6.07) is 4.51. The van der Waals surface area contributed by atoms with Crippen LogP contribution in [0.4, 0.5) is 26.1 Å². The van der Waals surface area contributed by atoms with Crippen LogP contribution < -0.4 is 10.2 Å². The Bertz CT molecular complexity index is 404. The predicted molar refractivity (Wildman–Crippen MR) is 57.5 cm³/mol. The quantitative estimate of drug-likeness (QED) is 0.455. The standard InChI is InChI=1S/C10H10BF6O2/c12-10(13,14)7-18-5-6-19-9-4-2-1-3-8(9)11(15,16)17/h1-4H,5-7H2/q-1. The summed E-state index contributed by atoms with van der Waals surface area (Å²) >= 11 is 0. The van der Waals surface area contributed by atoms with Crippen LogP contribution in [0.15, 0.2) is 24.3 Å². The number of para-hydroxylation sites is 1. The van der Waals surface area contributed by atoms with Gasteiger partial charge in [-0.05, 0) is 6.07 Å². The molecule has 0 saturated carbocycles. The molecule has 2 nitrogen and oxygen atoms in total. The molecule has 0 aromatic heterocycles. The lowest BCUT2D eigenvalue weighted by Gasteiger charge is -2.19. The highest BCUT2D eigenvalue weighted by Crippen LogP contribution is 2.17. The van der Waals surface area contributed by atoms with E-state index in [1.807, 2.05) is 0 Å². The minimum absolute atomic E-state index is 0.390. The Hall–Kier alpha value is -1.38. The van der Waals surface area contributed by atoms with Gasteiger partial charge < -0.3 is 22.4 Å². The molecule has 0 aliphatic heterocycles. The predicted octanol–water partition coefficient (Wildman–Crippen LogP) is 2.70. The van der Waals surface area contributed by atoms with E-state index in [1.165, 1.54) is 12.1 Å². The third-order valence-corrected chi connectivity index (χ3v) is 2.02. The van der Waals surface area contributed by atoms with Crippen molar-refractivity contribution in [3.63, 3.8) is 0 Å². The van der Waals surface area contributed by atoms with Crippen molar-refractivity contribution in [3.8, 4) is 5.75 Å². The SMILES string of the molecule is F[B-](F)(F)c1ccccc1OCCOCC(F)(F)F. The van der Waals surface area contributed by atoms with Gasteiger partial charge in [-0.1, -0.05) is 23.7 Å². The highest BCUT2D eigenvalue weighted by Gasteiger charge is 2.29. The zero-order valence-corrected chi connectivity index (χ0v) is 9.59. The monoisotopic (exact) mass is 287 g/mol. The van der Waals surface area contributed by atoms with Crippen molar-refractivity contribution < 1.29 is 35.6 Å². The molecule has 1 rings (SSSR count). The van der Waals surface area contributed by atoms with Gasteiger partial charge in [0, 0.05) is 0 Å². The first-order valence-electron chi connectivity index (χ1n) is 5.26. The Morgan fingerprint density at radius 1 is 1.00 bits per heavy atom. The first kappa shape index (κ1) is 15.7. The molecule has 0 saturated heterocycles. The van der Waals surface area contributed by atoms with E-state index in [1.54, 1.807) is 0 Å². The Balaban J connectivity index is 2.46. The molecule has 9 heteroatoms. The van der Waals surface area contributed by atoms with Crippen molar-refractivity contribution in [1.82, 2.24) is 0 Å². The molecule has 1 aromatic rings. The van der Waals surface area contributed by atoms with E-state index in [2.05, 4.69) is 4.74 Å². The van der Waals surface area contributed by atoms with Gasteiger partial charge in [-0.3, -0.25) is 0 Å². The summed E-state index contributed by atoms with van der Waals surface area (Å²) in [5.74, 6) is -0.411. The molecular weight excluding hydrogens is 277 g/mol. The second kappa shape index (κ2) is 6.18. The van der Waals surface area contributed by atoms with Crippen LogP contribution >= 0.6 is 0 Å². The molecule has 0 aliphatic rings. The number of benzene rings is 1. The molecule has 0 spiro atoms. The lowest BCUT2D eigenvalue weighted by molar-refractivity contribution is -0.175. The molecule has 0 bridgehead atoms. The molecule has 0 radical (unpaired) electrons. The molecule has 0 amide bonds. The van der Waals surface area contributed by atoms with Crippen molar-refractivity contribution in [2.24, 2.45) is 0 Å². The summed E-state index contributed by atoms with van der Waals surface area (Å²) in [5, 5.41) is 0. The topological polar surface area (TPSA) is 18.5 Å². The highest BCUT2D eigenvalue weighted by molar-refractivity contribution is 6.74. The molecular formula is C10H10BF6O2-. The molecule has 0 fully saturated rings. The third kappa shape index (κ3) is 5.86. The molecule has 0 atom stereocenters. The summed E-state index contributed by atoms with van der Waals surface area (Å²) in [4.78, 5) is 0. The summed E-state index contributed by atoms with van der Waals surface area (Å²) in [5.41, 5.74) is -0.918. The van der Waals surface area contributed by atoms with Crippen molar-refractivity contribution in [2.75, 3.05) is 19.8 Å². The zero-order chi connectivity index (χ0) is 14.5. The maximum atomic E-state index is 12.6. The number of rotatable bonds is 6. The third-order valence-electron chi connectivity index (χ3n) is 2.02. The second-order valence-electron chi connectivity index (χ2n) is 3.63. The summed E-state index contributed by atoms with van der Waals surface area (Å²) in [7, 11) is 0. The van der Waals surface area contributed by atoms with Gasteiger partial charge >= 0.3 is 13.2 Å². The first-order chi connectivity index (χ1) is 8.70. The maximum Gasteiger partial charge on any atom is 0.513 e. The Morgan fingerprint density at radius 3 is 2.21 bits per heavy atom. The summed E-state index contributed by atoms with van der Waals surface area (Å²) in [6.45, 7) is -7.52. The van der Waals surface area contributed by atoms with Crippen LogP contribution in [0, 0.1) is 0 Å². The van der Waals surface area contributed by atoms with E-state index in [9.17, 15) is 26.1 Å². The molecule has 19 heavy (non-hydrogen) atoms. The number of hydrogen-bond donors (Lipinski definition) is 0. The average Bonchev–Trinajstić information content (AvgIpc) is 2.26. The van der Waals surface area contributed by atoms with Crippen LogP contribution in [0.25, 0.3) is 0 Å². The number of hydrogen-bond acceptors (Lipinski definition) is 2. The first-order valence-corrected chi connectivity index (χ1v) is 5.26. The van der Waals surface area contributed by atoms with Gasteiger partial charge in [0.1, 0.15) is 13.2 Å². The van der Waals surface area contributed by atoms with E-state index in [0.29, 0.717) is 0 Å². The van der Waals surface area contributed by atoms with E-state index in [4.69, 9.17) is 4.74 Å². The molecule has 0 aliphatic carbocycles. The summed E-state index contributed by atoms with van der Waals surface area (Å²) < 4.78 is 81.9. The van der Waals surface area contributed by atoms with Crippen molar-refractivity contribution in [3.05, 3.63) is 24.3 Å². The van der Waals surface area contributed by atoms with E-state index in [-0.39, 0.29) is 6.61 Å². The Morgan fingerprint density at radius 2 is 1.63 bits per heavy atom. The van der Waals surface area contributed by atoms with Crippen LogP contribution in [0.1, 0.15) is 0 Å². The largest absolute Gasteiger partial charge is 0.513 e. The fraction of sp³-hybridized carbons (Fsp3) is 0.400.